The second kappa shape index (κ2) is 7.34. The summed E-state index contributed by atoms with van der Waals surface area (Å²) in [4.78, 5) is 17.0. The molecule has 3 rings (SSSR count). The largest absolute Gasteiger partial charge is 0.316 e. The Bertz CT molecular complexity index is 1150. The van der Waals surface area contributed by atoms with Crippen molar-refractivity contribution in [3.63, 3.8) is 0 Å². The number of amides is 1. The van der Waals surface area contributed by atoms with Crippen molar-refractivity contribution in [2.75, 3.05) is 5.75 Å². The van der Waals surface area contributed by atoms with Crippen molar-refractivity contribution in [2.24, 2.45) is 4.99 Å². The summed E-state index contributed by atoms with van der Waals surface area (Å²) in [6, 6.07) is 11.6. The molecule has 136 valence electrons. The highest BCUT2D eigenvalue weighted by Crippen LogP contribution is 2.27. The third-order valence-electron chi connectivity index (χ3n) is 3.98. The number of fused-ring (bicyclic) bond motifs is 1. The van der Waals surface area contributed by atoms with Crippen molar-refractivity contribution in [1.82, 2.24) is 4.57 Å². The van der Waals surface area contributed by atoms with Crippen molar-refractivity contribution < 1.29 is 13.2 Å². The highest BCUT2D eigenvalue weighted by atomic mass is 35.5. The molecule has 26 heavy (non-hydrogen) atoms. The van der Waals surface area contributed by atoms with Crippen LogP contribution in [0.2, 0.25) is 5.02 Å². The number of carbonyl (C=O) groups excluding carboxylic acids is 1. The molecule has 8 heteroatoms. The van der Waals surface area contributed by atoms with E-state index in [1.807, 2.05) is 24.5 Å². The van der Waals surface area contributed by atoms with Gasteiger partial charge >= 0.3 is 0 Å². The maximum atomic E-state index is 12.4. The van der Waals surface area contributed by atoms with Gasteiger partial charge in [-0.25, -0.2) is 8.42 Å². The molecular formula is C18H17ClN2O3S2. The zero-order chi connectivity index (χ0) is 18.9. The first kappa shape index (κ1) is 18.8. The summed E-state index contributed by atoms with van der Waals surface area (Å²) in [7, 11) is -3.71. The third-order valence-corrected chi connectivity index (χ3v) is 7.05. The predicted octanol–water partition coefficient (Wildman–Crippen LogP) is 3.59. The zero-order valence-electron chi connectivity index (χ0n) is 14.3. The van der Waals surface area contributed by atoms with Gasteiger partial charge in [-0.05, 0) is 43.7 Å². The fourth-order valence-corrected chi connectivity index (χ4v) is 5.16. The minimum atomic E-state index is -3.71. The maximum Gasteiger partial charge on any atom is 0.263 e. The number of carbonyl (C=O) groups is 1. The summed E-state index contributed by atoms with van der Waals surface area (Å²) in [5.74, 6) is -1.35. The molecule has 0 aliphatic rings. The number of hydrogen-bond acceptors (Lipinski definition) is 4. The van der Waals surface area contributed by atoms with E-state index in [1.165, 1.54) is 23.5 Å². The highest BCUT2D eigenvalue weighted by molar-refractivity contribution is 7.92. The van der Waals surface area contributed by atoms with Gasteiger partial charge < -0.3 is 4.57 Å². The number of nitrogens with zero attached hydrogens (tertiary/aromatic N) is 2. The van der Waals surface area contributed by atoms with Crippen LogP contribution in [0.15, 0.2) is 52.4 Å². The molecule has 0 saturated heterocycles. The quantitative estimate of drug-likeness (QED) is 0.662. The first-order valence-corrected chi connectivity index (χ1v) is 10.8. The van der Waals surface area contributed by atoms with Gasteiger partial charge in [0.15, 0.2) is 14.6 Å². The molecule has 0 fully saturated rings. The minimum Gasteiger partial charge on any atom is -0.316 e. The molecule has 2 aromatic carbocycles. The Balaban J connectivity index is 2.03. The molecule has 0 atom stereocenters. The second-order valence-corrected chi connectivity index (χ2v) is 9.13. The molecular weight excluding hydrogens is 392 g/mol. The van der Waals surface area contributed by atoms with Crippen LogP contribution in [0.1, 0.15) is 12.5 Å². The van der Waals surface area contributed by atoms with Crippen molar-refractivity contribution in [2.45, 2.75) is 25.3 Å². The average Bonchev–Trinajstić information content (AvgIpc) is 2.96. The number of thiazole rings is 1. The fourth-order valence-electron chi connectivity index (χ4n) is 2.71. The number of aromatic nitrogens is 1. The van der Waals surface area contributed by atoms with Gasteiger partial charge in [0.25, 0.3) is 5.91 Å². The number of halogens is 1. The topological polar surface area (TPSA) is 68.5 Å². The average molecular weight is 409 g/mol. The lowest BCUT2D eigenvalue weighted by molar-refractivity contribution is -0.115. The maximum absolute atomic E-state index is 12.4. The Morgan fingerprint density at radius 2 is 1.88 bits per heavy atom. The SMILES string of the molecule is CCn1c(=NC(=O)CS(=O)(=O)c2ccccc2)sc2ccc(Cl)c(C)c21. The molecule has 0 N–H and O–H groups in total. The van der Waals surface area contributed by atoms with Crippen molar-refractivity contribution in [3.8, 4) is 0 Å². The van der Waals surface area contributed by atoms with Crippen LogP contribution in [-0.2, 0) is 21.2 Å². The molecule has 0 bridgehead atoms. The van der Waals surface area contributed by atoms with E-state index in [2.05, 4.69) is 4.99 Å². The summed E-state index contributed by atoms with van der Waals surface area (Å²) < 4.78 is 27.5. The number of hydrogen-bond donors (Lipinski definition) is 0. The second-order valence-electron chi connectivity index (χ2n) is 5.73. The van der Waals surface area contributed by atoms with Crippen LogP contribution in [-0.4, -0.2) is 24.6 Å². The predicted molar refractivity (Wildman–Crippen MR) is 104 cm³/mol. The van der Waals surface area contributed by atoms with E-state index in [-0.39, 0.29) is 4.90 Å². The van der Waals surface area contributed by atoms with Crippen LogP contribution in [0.4, 0.5) is 0 Å². The minimum absolute atomic E-state index is 0.117. The summed E-state index contributed by atoms with van der Waals surface area (Å²) in [6.45, 7) is 4.45. The van der Waals surface area contributed by atoms with E-state index in [0.29, 0.717) is 16.4 Å². The first-order chi connectivity index (χ1) is 12.3. The van der Waals surface area contributed by atoms with Gasteiger partial charge in [-0.3, -0.25) is 4.79 Å². The van der Waals surface area contributed by atoms with Crippen molar-refractivity contribution in [3.05, 3.63) is 57.9 Å². The molecule has 0 spiro atoms. The molecule has 1 amide bonds. The van der Waals surface area contributed by atoms with Gasteiger partial charge in [-0.1, -0.05) is 41.1 Å². The Labute approximate surface area is 160 Å². The molecule has 0 saturated carbocycles. The van der Waals surface area contributed by atoms with Gasteiger partial charge in [0, 0.05) is 11.6 Å². The van der Waals surface area contributed by atoms with Crippen LogP contribution >= 0.6 is 22.9 Å². The molecule has 0 radical (unpaired) electrons. The smallest absolute Gasteiger partial charge is 0.263 e. The summed E-state index contributed by atoms with van der Waals surface area (Å²) >= 11 is 7.54. The summed E-state index contributed by atoms with van der Waals surface area (Å²) in [5.41, 5.74) is 1.83. The van der Waals surface area contributed by atoms with E-state index >= 15 is 0 Å². The van der Waals surface area contributed by atoms with Gasteiger partial charge in [0.05, 0.1) is 15.1 Å². The van der Waals surface area contributed by atoms with E-state index in [1.54, 1.807) is 24.3 Å². The number of sulfone groups is 1. The molecule has 0 aliphatic heterocycles. The Morgan fingerprint density at radius 1 is 1.19 bits per heavy atom. The number of benzene rings is 2. The Hall–Kier alpha value is -1.96. The summed E-state index contributed by atoms with van der Waals surface area (Å²) in [5, 5.41) is 0.641. The number of rotatable bonds is 4. The molecule has 1 aromatic heterocycles. The van der Waals surface area contributed by atoms with Gasteiger partial charge in [0.2, 0.25) is 0 Å². The van der Waals surface area contributed by atoms with Crippen LogP contribution in [0.3, 0.4) is 0 Å². The first-order valence-electron chi connectivity index (χ1n) is 7.97. The molecule has 1 heterocycles. The molecule has 0 unspecified atom stereocenters. The van der Waals surface area contributed by atoms with E-state index in [4.69, 9.17) is 11.6 Å². The molecule has 3 aromatic rings. The third kappa shape index (κ3) is 3.60. The molecule has 5 nitrogen and oxygen atoms in total. The van der Waals surface area contributed by atoms with E-state index in [0.717, 1.165) is 15.8 Å². The van der Waals surface area contributed by atoms with Crippen LogP contribution in [0, 0.1) is 6.92 Å². The van der Waals surface area contributed by atoms with Crippen molar-refractivity contribution >= 4 is 48.9 Å². The lowest BCUT2D eigenvalue weighted by Crippen LogP contribution is -2.20. The van der Waals surface area contributed by atoms with Gasteiger partial charge in [0.1, 0.15) is 5.75 Å². The monoisotopic (exact) mass is 408 g/mol. The van der Waals surface area contributed by atoms with Crippen LogP contribution in [0.5, 0.6) is 0 Å². The summed E-state index contributed by atoms with van der Waals surface area (Å²) in [6.07, 6.45) is 0. The lowest BCUT2D eigenvalue weighted by Gasteiger charge is -2.05. The lowest BCUT2D eigenvalue weighted by atomic mass is 10.2. The van der Waals surface area contributed by atoms with Gasteiger partial charge in [-0.15, -0.1) is 0 Å². The van der Waals surface area contributed by atoms with E-state index < -0.39 is 21.5 Å². The Morgan fingerprint density at radius 3 is 2.54 bits per heavy atom. The van der Waals surface area contributed by atoms with Crippen LogP contribution in [0.25, 0.3) is 10.2 Å². The zero-order valence-corrected chi connectivity index (χ0v) is 16.7. The van der Waals surface area contributed by atoms with Crippen LogP contribution < -0.4 is 4.80 Å². The Kier molecular flexibility index (Phi) is 5.32. The standard InChI is InChI=1S/C18H17ClN2O3S2/c1-3-21-17-12(2)14(19)9-10-15(17)25-18(21)20-16(22)11-26(23,24)13-7-5-4-6-8-13/h4-10H,3,11H2,1-2H3. The van der Waals surface area contributed by atoms with Gasteiger partial charge in [-0.2, -0.15) is 4.99 Å². The van der Waals surface area contributed by atoms with Crippen molar-refractivity contribution in [1.29, 1.82) is 0 Å². The molecule has 0 aliphatic carbocycles. The normalized spacial score (nSPS) is 12.7. The van der Waals surface area contributed by atoms with E-state index in [9.17, 15) is 13.2 Å². The fraction of sp³-hybridized carbons (Fsp3) is 0.222. The highest BCUT2D eigenvalue weighted by Gasteiger charge is 2.19. The number of aryl methyl sites for hydroxylation is 2.